The molecule has 0 radical (unpaired) electrons. The second kappa shape index (κ2) is 8.36. The van der Waals surface area contributed by atoms with E-state index in [1.54, 1.807) is 25.4 Å². The predicted octanol–water partition coefficient (Wildman–Crippen LogP) is 1.97. The largest absolute Gasteiger partial charge is 0.496 e. The zero-order valence-electron chi connectivity index (χ0n) is 15.3. The van der Waals surface area contributed by atoms with E-state index in [-0.39, 0.29) is 12.5 Å². The van der Waals surface area contributed by atoms with Gasteiger partial charge in [-0.3, -0.25) is 4.79 Å². The number of hydrogen-bond acceptors (Lipinski definition) is 9. The van der Waals surface area contributed by atoms with Crippen LogP contribution in [0.1, 0.15) is 16.2 Å². The first-order valence-corrected chi connectivity index (χ1v) is 9.54. The number of nitrogens with one attached hydrogen (secondary N) is 1. The summed E-state index contributed by atoms with van der Waals surface area (Å²) in [5.41, 5.74) is 1.45. The number of amides is 1. The molecule has 10 heteroatoms. The Hall–Kier alpha value is -2.98. The molecule has 146 valence electrons. The SMILES string of the molecule is COc1cc(N2CCOCC2)ccc1C(=O)NCc1nnc(-c2ccns2)o1. The van der Waals surface area contributed by atoms with E-state index in [9.17, 15) is 4.79 Å². The van der Waals surface area contributed by atoms with Gasteiger partial charge in [0.05, 0.1) is 32.4 Å². The molecule has 0 aliphatic carbocycles. The van der Waals surface area contributed by atoms with Crippen molar-refractivity contribution in [2.75, 3.05) is 38.3 Å². The lowest BCUT2D eigenvalue weighted by Gasteiger charge is -2.29. The number of benzene rings is 1. The molecule has 2 aromatic heterocycles. The maximum Gasteiger partial charge on any atom is 0.259 e. The molecule has 1 amide bonds. The average molecular weight is 401 g/mol. The molecule has 3 heterocycles. The second-order valence-electron chi connectivity index (χ2n) is 6.04. The third kappa shape index (κ3) is 3.97. The van der Waals surface area contributed by atoms with E-state index in [2.05, 4.69) is 24.8 Å². The minimum Gasteiger partial charge on any atom is -0.496 e. The smallest absolute Gasteiger partial charge is 0.259 e. The Morgan fingerprint density at radius 2 is 2.14 bits per heavy atom. The average Bonchev–Trinajstić information content (AvgIpc) is 3.44. The molecular formula is C18H19N5O4S. The Morgan fingerprint density at radius 1 is 1.29 bits per heavy atom. The van der Waals surface area contributed by atoms with Crippen LogP contribution < -0.4 is 15.0 Å². The number of morpholine rings is 1. The molecule has 1 aliphatic rings. The lowest BCUT2D eigenvalue weighted by Crippen LogP contribution is -2.36. The van der Waals surface area contributed by atoms with Crippen LogP contribution in [-0.4, -0.2) is 53.9 Å². The number of rotatable bonds is 6. The van der Waals surface area contributed by atoms with E-state index in [1.807, 2.05) is 12.1 Å². The molecule has 9 nitrogen and oxygen atoms in total. The van der Waals surface area contributed by atoms with Gasteiger partial charge in [-0.15, -0.1) is 10.2 Å². The van der Waals surface area contributed by atoms with Crippen LogP contribution >= 0.6 is 11.5 Å². The van der Waals surface area contributed by atoms with Crippen molar-refractivity contribution in [3.05, 3.63) is 41.9 Å². The monoisotopic (exact) mass is 401 g/mol. The standard InChI is InChI=1S/C18H19N5O4S/c1-25-14-10-12(23-6-8-26-9-7-23)2-3-13(14)17(24)19-11-16-21-22-18(27-16)15-4-5-20-28-15/h2-5,10H,6-9,11H2,1H3,(H,19,24). The summed E-state index contributed by atoms with van der Waals surface area (Å²) >= 11 is 1.27. The summed E-state index contributed by atoms with van der Waals surface area (Å²) in [5, 5.41) is 10.7. The quantitative estimate of drug-likeness (QED) is 0.669. The number of carbonyl (C=O) groups is 1. The van der Waals surface area contributed by atoms with Gasteiger partial charge in [0.15, 0.2) is 0 Å². The van der Waals surface area contributed by atoms with Crippen LogP contribution in [0.5, 0.6) is 5.75 Å². The Labute approximate surface area is 165 Å². The lowest BCUT2D eigenvalue weighted by atomic mass is 10.1. The first-order valence-electron chi connectivity index (χ1n) is 8.77. The van der Waals surface area contributed by atoms with Crippen molar-refractivity contribution in [2.24, 2.45) is 0 Å². The number of ether oxygens (including phenoxy) is 2. The number of aromatic nitrogens is 3. The van der Waals surface area contributed by atoms with Crippen molar-refractivity contribution >= 4 is 23.1 Å². The number of anilines is 1. The highest BCUT2D eigenvalue weighted by Crippen LogP contribution is 2.26. The van der Waals surface area contributed by atoms with Crippen molar-refractivity contribution in [2.45, 2.75) is 6.54 Å². The molecule has 1 N–H and O–H groups in total. The molecule has 0 saturated carbocycles. The van der Waals surface area contributed by atoms with Crippen molar-refractivity contribution < 1.29 is 18.7 Å². The summed E-state index contributed by atoms with van der Waals surface area (Å²) in [4.78, 5) is 15.6. The molecule has 1 saturated heterocycles. The van der Waals surface area contributed by atoms with E-state index in [0.717, 1.165) is 23.7 Å². The van der Waals surface area contributed by atoms with Gasteiger partial charge in [-0.05, 0) is 29.7 Å². The second-order valence-corrected chi connectivity index (χ2v) is 6.88. The Kier molecular flexibility index (Phi) is 5.49. The molecular weight excluding hydrogens is 382 g/mol. The summed E-state index contributed by atoms with van der Waals surface area (Å²) < 4.78 is 20.4. The zero-order valence-corrected chi connectivity index (χ0v) is 16.1. The summed E-state index contributed by atoms with van der Waals surface area (Å²) in [5.74, 6) is 0.945. The molecule has 28 heavy (non-hydrogen) atoms. The van der Waals surface area contributed by atoms with Gasteiger partial charge < -0.3 is 24.1 Å². The number of hydrogen-bond donors (Lipinski definition) is 1. The predicted molar refractivity (Wildman–Crippen MR) is 103 cm³/mol. The van der Waals surface area contributed by atoms with Crippen LogP contribution in [0.2, 0.25) is 0 Å². The van der Waals surface area contributed by atoms with Crippen LogP contribution in [0.25, 0.3) is 10.8 Å². The minimum absolute atomic E-state index is 0.124. The van der Waals surface area contributed by atoms with Crippen LogP contribution in [0, 0.1) is 0 Å². The fraction of sp³-hybridized carbons (Fsp3) is 0.333. The first kappa shape index (κ1) is 18.4. The molecule has 1 aliphatic heterocycles. The molecule has 4 rings (SSSR count). The Balaban J connectivity index is 1.42. The van der Waals surface area contributed by atoms with Crippen LogP contribution in [0.15, 0.2) is 34.9 Å². The van der Waals surface area contributed by atoms with E-state index >= 15 is 0 Å². The van der Waals surface area contributed by atoms with E-state index in [1.165, 1.54) is 11.5 Å². The van der Waals surface area contributed by atoms with Crippen LogP contribution in [0.4, 0.5) is 5.69 Å². The molecule has 1 fully saturated rings. The van der Waals surface area contributed by atoms with Gasteiger partial charge in [0, 0.05) is 31.0 Å². The van der Waals surface area contributed by atoms with E-state index in [4.69, 9.17) is 13.9 Å². The van der Waals surface area contributed by atoms with Gasteiger partial charge >= 0.3 is 0 Å². The summed E-state index contributed by atoms with van der Waals surface area (Å²) in [6.07, 6.45) is 1.67. The van der Waals surface area contributed by atoms with Crippen molar-refractivity contribution in [1.82, 2.24) is 19.9 Å². The van der Waals surface area contributed by atoms with Gasteiger partial charge in [0.1, 0.15) is 10.6 Å². The normalized spacial score (nSPS) is 14.1. The maximum atomic E-state index is 12.6. The highest BCUT2D eigenvalue weighted by Gasteiger charge is 2.18. The third-order valence-electron chi connectivity index (χ3n) is 4.32. The summed E-state index contributed by atoms with van der Waals surface area (Å²) in [6.45, 7) is 3.14. The first-order chi connectivity index (χ1) is 13.7. The minimum atomic E-state index is -0.275. The van der Waals surface area contributed by atoms with E-state index in [0.29, 0.717) is 36.3 Å². The maximum absolute atomic E-state index is 12.6. The van der Waals surface area contributed by atoms with Crippen LogP contribution in [-0.2, 0) is 11.3 Å². The highest BCUT2D eigenvalue weighted by molar-refractivity contribution is 7.09. The van der Waals surface area contributed by atoms with Gasteiger partial charge in [0.25, 0.3) is 11.8 Å². The number of nitrogens with zero attached hydrogens (tertiary/aromatic N) is 4. The highest BCUT2D eigenvalue weighted by atomic mass is 32.1. The number of carbonyl (C=O) groups excluding carboxylic acids is 1. The van der Waals surface area contributed by atoms with Gasteiger partial charge in [0.2, 0.25) is 5.89 Å². The molecule has 0 spiro atoms. The Morgan fingerprint density at radius 3 is 2.89 bits per heavy atom. The van der Waals surface area contributed by atoms with Crippen molar-refractivity contribution in [1.29, 1.82) is 0 Å². The lowest BCUT2D eigenvalue weighted by molar-refractivity contribution is 0.0944. The van der Waals surface area contributed by atoms with Crippen molar-refractivity contribution in [3.63, 3.8) is 0 Å². The molecule has 0 bridgehead atoms. The van der Waals surface area contributed by atoms with Gasteiger partial charge in [-0.1, -0.05) is 0 Å². The fourth-order valence-electron chi connectivity index (χ4n) is 2.89. The van der Waals surface area contributed by atoms with Crippen molar-refractivity contribution in [3.8, 4) is 16.5 Å². The van der Waals surface area contributed by atoms with E-state index < -0.39 is 0 Å². The molecule has 3 aromatic rings. The molecule has 1 aromatic carbocycles. The third-order valence-corrected chi connectivity index (χ3v) is 5.06. The molecule has 0 unspecified atom stereocenters. The Bertz CT molecular complexity index is 937. The van der Waals surface area contributed by atoms with Gasteiger partial charge in [-0.2, -0.15) is 0 Å². The topological polar surface area (TPSA) is 103 Å². The summed E-state index contributed by atoms with van der Waals surface area (Å²) in [6, 6.07) is 7.34. The summed E-state index contributed by atoms with van der Waals surface area (Å²) in [7, 11) is 1.55. The van der Waals surface area contributed by atoms with Gasteiger partial charge in [-0.25, -0.2) is 4.37 Å². The molecule has 0 atom stereocenters. The fourth-order valence-corrected chi connectivity index (χ4v) is 3.41. The number of methoxy groups -OCH3 is 1. The zero-order chi connectivity index (χ0) is 19.3. The van der Waals surface area contributed by atoms with Crippen LogP contribution in [0.3, 0.4) is 0 Å².